The highest BCUT2D eigenvalue weighted by Crippen LogP contribution is 2.18. The van der Waals surface area contributed by atoms with E-state index in [0.29, 0.717) is 6.42 Å². The van der Waals surface area contributed by atoms with Gasteiger partial charge in [-0.25, -0.2) is 0 Å². The largest absolute Gasteiger partial charge is 0.326 e. The van der Waals surface area contributed by atoms with Crippen LogP contribution in [0.1, 0.15) is 18.9 Å². The third-order valence-electron chi connectivity index (χ3n) is 3.37. The fraction of sp³-hybridized carbons (Fsp3) is 0.429. The maximum atomic E-state index is 12.0. The number of benzene rings is 1. The molecule has 0 aromatic heterocycles. The third kappa shape index (κ3) is 2.88. The van der Waals surface area contributed by atoms with Crippen LogP contribution in [0.15, 0.2) is 24.3 Å². The summed E-state index contributed by atoms with van der Waals surface area (Å²) in [6, 6.07) is 9.77. The second-order valence-electron chi connectivity index (χ2n) is 4.66. The molecule has 0 aliphatic carbocycles. The van der Waals surface area contributed by atoms with Gasteiger partial charge >= 0.3 is 0 Å². The van der Waals surface area contributed by atoms with Crippen LogP contribution >= 0.6 is 0 Å². The standard InChI is InChI=1S/C14H17N3O/c1-10-13(7-9-16-10)14(18)17-12-4-2-11(3-5-12)6-8-15/h2-5,10,13,16H,6-7,9H2,1H3,(H,17,18). The Labute approximate surface area is 107 Å². The van der Waals surface area contributed by atoms with Gasteiger partial charge in [0, 0.05) is 11.7 Å². The first-order valence-corrected chi connectivity index (χ1v) is 6.21. The molecular weight excluding hydrogens is 226 g/mol. The highest BCUT2D eigenvalue weighted by Gasteiger charge is 2.29. The average Bonchev–Trinajstić information content (AvgIpc) is 2.78. The van der Waals surface area contributed by atoms with Crippen LogP contribution in [0.5, 0.6) is 0 Å². The molecular formula is C14H17N3O. The van der Waals surface area contributed by atoms with E-state index in [1.165, 1.54) is 0 Å². The molecule has 1 aromatic carbocycles. The Morgan fingerprint density at radius 1 is 1.50 bits per heavy atom. The molecule has 1 heterocycles. The van der Waals surface area contributed by atoms with Crippen molar-refractivity contribution in [1.82, 2.24) is 5.32 Å². The van der Waals surface area contributed by atoms with Gasteiger partial charge in [0.05, 0.1) is 18.4 Å². The van der Waals surface area contributed by atoms with Crippen molar-refractivity contribution in [2.75, 3.05) is 11.9 Å². The molecule has 1 aliphatic rings. The van der Waals surface area contributed by atoms with Crippen LogP contribution in [0.3, 0.4) is 0 Å². The monoisotopic (exact) mass is 243 g/mol. The number of amides is 1. The van der Waals surface area contributed by atoms with E-state index in [9.17, 15) is 4.79 Å². The van der Waals surface area contributed by atoms with Crippen molar-refractivity contribution in [2.45, 2.75) is 25.8 Å². The minimum absolute atomic E-state index is 0.0452. The van der Waals surface area contributed by atoms with Crippen molar-refractivity contribution in [3.8, 4) is 6.07 Å². The van der Waals surface area contributed by atoms with E-state index in [1.54, 1.807) is 0 Å². The summed E-state index contributed by atoms with van der Waals surface area (Å²) in [7, 11) is 0. The van der Waals surface area contributed by atoms with Crippen molar-refractivity contribution in [2.24, 2.45) is 5.92 Å². The molecule has 2 unspecified atom stereocenters. The van der Waals surface area contributed by atoms with Gasteiger partial charge in [-0.15, -0.1) is 0 Å². The highest BCUT2D eigenvalue weighted by atomic mass is 16.1. The van der Waals surface area contributed by atoms with Crippen LogP contribution in [0.4, 0.5) is 5.69 Å². The summed E-state index contributed by atoms with van der Waals surface area (Å²) in [5.41, 5.74) is 1.76. The number of nitrogens with zero attached hydrogens (tertiary/aromatic N) is 1. The molecule has 0 spiro atoms. The number of rotatable bonds is 3. The molecule has 2 rings (SSSR count). The van der Waals surface area contributed by atoms with E-state index >= 15 is 0 Å². The normalized spacial score (nSPS) is 22.4. The number of hydrogen-bond donors (Lipinski definition) is 2. The molecule has 94 valence electrons. The zero-order valence-corrected chi connectivity index (χ0v) is 10.4. The Balaban J connectivity index is 1.97. The number of nitrogens with one attached hydrogen (secondary N) is 2. The van der Waals surface area contributed by atoms with Gasteiger partial charge in [-0.05, 0) is 37.6 Å². The lowest BCUT2D eigenvalue weighted by Gasteiger charge is -2.15. The Kier molecular flexibility index (Phi) is 3.96. The Morgan fingerprint density at radius 3 is 2.78 bits per heavy atom. The Hall–Kier alpha value is -1.86. The number of nitriles is 1. The van der Waals surface area contributed by atoms with Gasteiger partial charge in [0.15, 0.2) is 0 Å². The summed E-state index contributed by atoms with van der Waals surface area (Å²) in [5, 5.41) is 14.8. The summed E-state index contributed by atoms with van der Waals surface area (Å²) in [4.78, 5) is 12.0. The van der Waals surface area contributed by atoms with Crippen LogP contribution in [0.25, 0.3) is 0 Å². The summed E-state index contributed by atoms with van der Waals surface area (Å²) >= 11 is 0. The summed E-state index contributed by atoms with van der Waals surface area (Å²) in [6.07, 6.45) is 1.29. The summed E-state index contributed by atoms with van der Waals surface area (Å²) in [6.45, 7) is 2.94. The summed E-state index contributed by atoms with van der Waals surface area (Å²) in [5.74, 6) is 0.115. The van der Waals surface area contributed by atoms with Crippen LogP contribution in [0, 0.1) is 17.2 Å². The van der Waals surface area contributed by atoms with Gasteiger partial charge in [0.25, 0.3) is 0 Å². The fourth-order valence-electron chi connectivity index (χ4n) is 2.25. The van der Waals surface area contributed by atoms with E-state index in [1.807, 2.05) is 31.2 Å². The number of hydrogen-bond acceptors (Lipinski definition) is 3. The van der Waals surface area contributed by atoms with Crippen LogP contribution in [0.2, 0.25) is 0 Å². The minimum Gasteiger partial charge on any atom is -0.326 e. The second kappa shape index (κ2) is 5.65. The van der Waals surface area contributed by atoms with E-state index in [0.717, 1.165) is 24.2 Å². The van der Waals surface area contributed by atoms with Crippen molar-refractivity contribution < 1.29 is 4.79 Å². The highest BCUT2D eigenvalue weighted by molar-refractivity contribution is 5.93. The molecule has 0 bridgehead atoms. The quantitative estimate of drug-likeness (QED) is 0.849. The average molecular weight is 243 g/mol. The molecule has 1 aliphatic heterocycles. The van der Waals surface area contributed by atoms with E-state index in [4.69, 9.17) is 5.26 Å². The van der Waals surface area contributed by atoms with Crippen molar-refractivity contribution in [3.63, 3.8) is 0 Å². The molecule has 4 heteroatoms. The van der Waals surface area contributed by atoms with E-state index in [2.05, 4.69) is 16.7 Å². The molecule has 4 nitrogen and oxygen atoms in total. The maximum Gasteiger partial charge on any atom is 0.229 e. The van der Waals surface area contributed by atoms with Gasteiger partial charge in [0.2, 0.25) is 5.91 Å². The summed E-state index contributed by atoms with van der Waals surface area (Å²) < 4.78 is 0. The van der Waals surface area contributed by atoms with Crippen LogP contribution < -0.4 is 10.6 Å². The van der Waals surface area contributed by atoms with Gasteiger partial charge < -0.3 is 10.6 Å². The van der Waals surface area contributed by atoms with Gasteiger partial charge in [-0.1, -0.05) is 12.1 Å². The number of carbonyl (C=O) groups excluding carboxylic acids is 1. The topological polar surface area (TPSA) is 64.9 Å². The van der Waals surface area contributed by atoms with Gasteiger partial charge in [0.1, 0.15) is 0 Å². The minimum atomic E-state index is 0.0452. The zero-order valence-electron chi connectivity index (χ0n) is 10.4. The molecule has 1 amide bonds. The molecule has 2 atom stereocenters. The second-order valence-corrected chi connectivity index (χ2v) is 4.66. The molecule has 1 aromatic rings. The van der Waals surface area contributed by atoms with E-state index < -0.39 is 0 Å². The molecule has 1 saturated heterocycles. The molecule has 1 fully saturated rings. The first-order chi connectivity index (χ1) is 8.70. The maximum absolute atomic E-state index is 12.0. The predicted molar refractivity (Wildman–Crippen MR) is 70.0 cm³/mol. The lowest BCUT2D eigenvalue weighted by molar-refractivity contribution is -0.119. The lowest BCUT2D eigenvalue weighted by atomic mass is 10.0. The van der Waals surface area contributed by atoms with Crippen molar-refractivity contribution >= 4 is 11.6 Å². The predicted octanol–water partition coefficient (Wildman–Crippen LogP) is 1.69. The first-order valence-electron chi connectivity index (χ1n) is 6.21. The smallest absolute Gasteiger partial charge is 0.229 e. The third-order valence-corrected chi connectivity index (χ3v) is 3.37. The fourth-order valence-corrected chi connectivity index (χ4v) is 2.25. The lowest BCUT2D eigenvalue weighted by Crippen LogP contribution is -2.32. The van der Waals surface area contributed by atoms with Gasteiger partial charge in [-0.2, -0.15) is 5.26 Å². The number of anilines is 1. The first kappa shape index (κ1) is 12.6. The molecule has 18 heavy (non-hydrogen) atoms. The number of carbonyl (C=O) groups is 1. The SMILES string of the molecule is CC1NCCC1C(=O)Nc1ccc(CC#N)cc1. The zero-order chi connectivity index (χ0) is 13.0. The van der Waals surface area contributed by atoms with Gasteiger partial charge in [-0.3, -0.25) is 4.79 Å². The van der Waals surface area contributed by atoms with Crippen LogP contribution in [-0.2, 0) is 11.2 Å². The molecule has 0 radical (unpaired) electrons. The van der Waals surface area contributed by atoms with E-state index in [-0.39, 0.29) is 17.9 Å². The van der Waals surface area contributed by atoms with Crippen molar-refractivity contribution in [3.05, 3.63) is 29.8 Å². The molecule has 0 saturated carbocycles. The van der Waals surface area contributed by atoms with Crippen LogP contribution in [-0.4, -0.2) is 18.5 Å². The Morgan fingerprint density at radius 2 is 2.22 bits per heavy atom. The Bertz CT molecular complexity index is 461. The van der Waals surface area contributed by atoms with Crippen molar-refractivity contribution in [1.29, 1.82) is 5.26 Å². The molecule has 2 N–H and O–H groups in total.